The molecular weight excluding hydrogens is 577 g/mol. The van der Waals surface area contributed by atoms with Crippen molar-refractivity contribution in [3.05, 3.63) is 0 Å². The Morgan fingerprint density at radius 3 is 1.04 bits per heavy atom. The average Bonchev–Trinajstić information content (AvgIpc) is 3.13. The SMILES string of the molecule is C1CC2CC3CCC4CC5CCC6CC7CCC8CCC9C%10CCCC%11CC%12C(C1)C2C1C3C4C2C5C6C3C7C8C9C4C(C%11%10)C%12C1C2C34. The molecule has 0 spiro atoms. The molecule has 16 aliphatic rings. The quantitative estimate of drug-likeness (QED) is 0.247. The van der Waals surface area contributed by atoms with E-state index < -0.39 is 0 Å². The molecule has 16 fully saturated rings. The molecule has 0 nitrogen and oxygen atoms in total. The van der Waals surface area contributed by atoms with Gasteiger partial charge in [-0.05, 0) is 267 Å². The minimum atomic E-state index is 1.17. The molecule has 0 heteroatoms. The summed E-state index contributed by atoms with van der Waals surface area (Å²) in [6, 6.07) is 0. The fourth-order valence-corrected chi connectivity index (χ4v) is 26.0. The molecule has 16 saturated carbocycles. The topological polar surface area (TPSA) is 0 Å². The smallest absolute Gasteiger partial charge is 0.0312 e. The van der Waals surface area contributed by atoms with Crippen molar-refractivity contribution in [2.24, 2.45) is 178 Å². The van der Waals surface area contributed by atoms with Gasteiger partial charge in [0.2, 0.25) is 0 Å². The van der Waals surface area contributed by atoms with E-state index in [2.05, 4.69) is 0 Å². The van der Waals surface area contributed by atoms with Crippen LogP contribution in [0.3, 0.4) is 0 Å². The van der Waals surface area contributed by atoms with Crippen molar-refractivity contribution in [3.63, 3.8) is 0 Å². The lowest BCUT2D eigenvalue weighted by atomic mass is 9.20. The lowest BCUT2D eigenvalue weighted by Crippen LogP contribution is -2.80. The minimum absolute atomic E-state index is 1.17. The Morgan fingerprint density at radius 2 is 0.479 bits per heavy atom. The zero-order chi connectivity index (χ0) is 30.0. The van der Waals surface area contributed by atoms with Crippen molar-refractivity contribution in [2.75, 3.05) is 0 Å². The summed E-state index contributed by atoms with van der Waals surface area (Å²) in [4.78, 5) is 0. The third-order valence-electron chi connectivity index (χ3n) is 25.0. The van der Waals surface area contributed by atoms with Gasteiger partial charge in [-0.3, -0.25) is 0 Å². The first-order chi connectivity index (χ1) is 23.8. The van der Waals surface area contributed by atoms with Crippen molar-refractivity contribution < 1.29 is 0 Å². The van der Waals surface area contributed by atoms with E-state index in [1.165, 1.54) is 178 Å². The summed E-state index contributed by atoms with van der Waals surface area (Å²) in [5.74, 6) is 36.4. The molecule has 0 N–H and O–H groups in total. The summed E-state index contributed by atoms with van der Waals surface area (Å²) >= 11 is 0. The van der Waals surface area contributed by atoms with Crippen molar-refractivity contribution >= 4 is 0 Å². The van der Waals surface area contributed by atoms with Crippen molar-refractivity contribution in [1.82, 2.24) is 0 Å². The Bertz CT molecular complexity index is 1450. The second-order valence-corrected chi connectivity index (χ2v) is 24.2. The third kappa shape index (κ3) is 2.64. The fraction of sp³-hybridized carbons (Fsp3) is 1.00. The van der Waals surface area contributed by atoms with E-state index in [-0.39, 0.29) is 0 Å². The molecule has 0 radical (unpaired) electrons. The predicted molar refractivity (Wildman–Crippen MR) is 188 cm³/mol. The van der Waals surface area contributed by atoms with Gasteiger partial charge in [0.1, 0.15) is 0 Å². The molecule has 30 atom stereocenters. The van der Waals surface area contributed by atoms with Gasteiger partial charge in [0.25, 0.3) is 0 Å². The predicted octanol–water partition coefficient (Wildman–Crippen LogP) is 10.7. The Balaban J connectivity index is 0.999. The second kappa shape index (κ2) is 8.53. The Morgan fingerprint density at radius 1 is 0.167 bits per heavy atom. The van der Waals surface area contributed by atoms with Crippen LogP contribution in [0.5, 0.6) is 0 Å². The van der Waals surface area contributed by atoms with E-state index >= 15 is 0 Å². The normalized spacial score (nSPS) is 76.5. The average molecular weight is 643 g/mol. The van der Waals surface area contributed by atoms with E-state index in [0.717, 1.165) is 0 Å². The number of hydrogen-bond donors (Lipinski definition) is 0. The molecule has 48 heavy (non-hydrogen) atoms. The van der Waals surface area contributed by atoms with Crippen molar-refractivity contribution in [2.45, 2.75) is 116 Å². The first-order valence-corrected chi connectivity index (χ1v) is 23.8. The van der Waals surface area contributed by atoms with E-state index in [9.17, 15) is 0 Å². The molecule has 0 aromatic carbocycles. The molecule has 0 amide bonds. The molecule has 16 aliphatic carbocycles. The summed E-state index contributed by atoms with van der Waals surface area (Å²) < 4.78 is 0. The van der Waals surface area contributed by atoms with Crippen molar-refractivity contribution in [1.29, 1.82) is 0 Å². The highest BCUT2D eigenvalue weighted by Gasteiger charge is 2.82. The van der Waals surface area contributed by atoms with Crippen LogP contribution < -0.4 is 0 Å². The highest BCUT2D eigenvalue weighted by Crippen LogP contribution is 2.86. The van der Waals surface area contributed by atoms with Crippen LogP contribution in [0.4, 0.5) is 0 Å². The summed E-state index contributed by atoms with van der Waals surface area (Å²) in [6.07, 6.45) is 30.6. The van der Waals surface area contributed by atoms with Crippen LogP contribution in [-0.4, -0.2) is 0 Å². The molecule has 16 rings (SSSR count). The van der Waals surface area contributed by atoms with E-state index in [1.54, 1.807) is 116 Å². The van der Waals surface area contributed by atoms with E-state index in [0.29, 0.717) is 0 Å². The van der Waals surface area contributed by atoms with E-state index in [1.807, 2.05) is 0 Å². The Hall–Kier alpha value is 0. The molecule has 0 heterocycles. The molecule has 0 saturated heterocycles. The fourth-order valence-electron chi connectivity index (χ4n) is 26.0. The van der Waals surface area contributed by atoms with Crippen LogP contribution in [0.1, 0.15) is 116 Å². The van der Waals surface area contributed by atoms with E-state index in [4.69, 9.17) is 0 Å². The third-order valence-corrected chi connectivity index (χ3v) is 25.0. The summed E-state index contributed by atoms with van der Waals surface area (Å²) in [5, 5.41) is 0. The van der Waals surface area contributed by atoms with Crippen molar-refractivity contribution in [3.8, 4) is 0 Å². The van der Waals surface area contributed by atoms with Gasteiger partial charge in [-0.2, -0.15) is 0 Å². The molecule has 0 aromatic rings. The maximum absolute atomic E-state index is 1.77. The highest BCUT2D eigenvalue weighted by molar-refractivity contribution is 5.29. The molecule has 0 aromatic heterocycles. The van der Waals surface area contributed by atoms with Gasteiger partial charge in [-0.1, -0.05) is 25.7 Å². The van der Waals surface area contributed by atoms with Gasteiger partial charge in [0.15, 0.2) is 0 Å². The maximum atomic E-state index is 1.77. The monoisotopic (exact) mass is 643 g/mol. The second-order valence-electron chi connectivity index (χ2n) is 24.2. The lowest BCUT2D eigenvalue weighted by molar-refractivity contribution is -0.376. The molecule has 258 valence electrons. The zero-order valence-corrected chi connectivity index (χ0v) is 30.0. The number of rotatable bonds is 0. The minimum Gasteiger partial charge on any atom is -0.0527 e. The first kappa shape index (κ1) is 26.7. The summed E-state index contributed by atoms with van der Waals surface area (Å²) in [6.45, 7) is 0. The van der Waals surface area contributed by atoms with Crippen LogP contribution in [0.2, 0.25) is 0 Å². The largest absolute Gasteiger partial charge is 0.0527 e. The Kier molecular flexibility index (Phi) is 4.75. The molecule has 30 unspecified atom stereocenters. The highest BCUT2D eigenvalue weighted by atomic mass is 14.9. The number of fused-ring (bicyclic) bond motifs is 2. The van der Waals surface area contributed by atoms with Crippen LogP contribution >= 0.6 is 0 Å². The first-order valence-electron chi connectivity index (χ1n) is 23.8. The Labute approximate surface area is 292 Å². The van der Waals surface area contributed by atoms with Crippen LogP contribution in [0.15, 0.2) is 0 Å². The van der Waals surface area contributed by atoms with Gasteiger partial charge >= 0.3 is 0 Å². The van der Waals surface area contributed by atoms with Gasteiger partial charge in [0.05, 0.1) is 0 Å². The van der Waals surface area contributed by atoms with Gasteiger partial charge < -0.3 is 0 Å². The lowest BCUT2D eigenvalue weighted by Gasteiger charge is -2.85. The van der Waals surface area contributed by atoms with Gasteiger partial charge in [-0.25, -0.2) is 0 Å². The zero-order valence-electron chi connectivity index (χ0n) is 30.0. The summed E-state index contributed by atoms with van der Waals surface area (Å²) in [7, 11) is 0. The van der Waals surface area contributed by atoms with Gasteiger partial charge in [0, 0.05) is 0 Å². The standard InChI is InChI=1S/C48H66/c1-3-20-15-23-9-10-24-17-26-12-11-25-16-22-8-7-19-13-14-29-27-5-2-4-21-18-30-28(6-1)31(20)41-35(23)36(24)44-38(26)37(25)43-34(22)33(19)39(29)45-42(32(21)27)40(30)46(41)48(44)47(43)45/h19-48H,1-18H2. The molecule has 0 bridgehead atoms. The summed E-state index contributed by atoms with van der Waals surface area (Å²) in [5.41, 5.74) is 0. The van der Waals surface area contributed by atoms with Crippen LogP contribution in [0, 0.1) is 178 Å². The van der Waals surface area contributed by atoms with Crippen LogP contribution in [-0.2, 0) is 0 Å². The maximum Gasteiger partial charge on any atom is -0.0312 e. The van der Waals surface area contributed by atoms with Crippen LogP contribution in [0.25, 0.3) is 0 Å². The molecular formula is C48H66. The number of hydrogen-bond acceptors (Lipinski definition) is 0. The molecule has 0 aliphatic heterocycles. The van der Waals surface area contributed by atoms with Gasteiger partial charge in [-0.15, -0.1) is 0 Å².